The Morgan fingerprint density at radius 1 is 1.44 bits per heavy atom. The Morgan fingerprint density at radius 2 is 2.19 bits per heavy atom. The van der Waals surface area contributed by atoms with Gasteiger partial charge in [-0.05, 0) is 18.1 Å². The smallest absolute Gasteiger partial charge is 0.371 e. The van der Waals surface area contributed by atoms with Gasteiger partial charge in [-0.25, -0.2) is 9.48 Å². The molecule has 0 unspecified atom stereocenters. The molecule has 5 nitrogen and oxygen atoms in total. The topological polar surface area (TPSA) is 68.3 Å². The van der Waals surface area contributed by atoms with Gasteiger partial charge in [-0.2, -0.15) is 5.10 Å². The van der Waals surface area contributed by atoms with Crippen LogP contribution in [0.1, 0.15) is 36.0 Å². The molecule has 0 atom stereocenters. The second-order valence-corrected chi connectivity index (χ2v) is 3.78. The van der Waals surface area contributed by atoms with Crippen LogP contribution in [0.3, 0.4) is 0 Å². The van der Waals surface area contributed by atoms with Crippen molar-refractivity contribution in [3.8, 4) is 5.88 Å². The van der Waals surface area contributed by atoms with Crippen LogP contribution in [0.2, 0.25) is 0 Å². The first-order chi connectivity index (χ1) is 7.58. The fraction of sp³-hybridized carbons (Fsp3) is 0.273. The van der Waals surface area contributed by atoms with E-state index in [1.807, 2.05) is 19.9 Å². The average molecular weight is 220 g/mol. The lowest BCUT2D eigenvalue weighted by molar-refractivity contribution is 0.0662. The third-order valence-electron chi connectivity index (χ3n) is 2.23. The van der Waals surface area contributed by atoms with E-state index in [9.17, 15) is 4.79 Å². The molecule has 2 aromatic rings. The Labute approximate surface area is 92.3 Å². The van der Waals surface area contributed by atoms with Crippen LogP contribution in [0.25, 0.3) is 5.88 Å². The van der Waals surface area contributed by atoms with Crippen molar-refractivity contribution in [1.29, 1.82) is 0 Å². The number of hydrogen-bond donors (Lipinski definition) is 1. The molecular formula is C11H12N2O3. The van der Waals surface area contributed by atoms with E-state index in [1.54, 1.807) is 12.3 Å². The zero-order valence-corrected chi connectivity index (χ0v) is 9.04. The van der Waals surface area contributed by atoms with Crippen molar-refractivity contribution in [1.82, 2.24) is 9.78 Å². The van der Waals surface area contributed by atoms with Gasteiger partial charge in [-0.3, -0.25) is 0 Å². The van der Waals surface area contributed by atoms with E-state index < -0.39 is 5.97 Å². The molecule has 5 heteroatoms. The van der Waals surface area contributed by atoms with Crippen LogP contribution in [0.15, 0.2) is 28.8 Å². The minimum atomic E-state index is -1.08. The molecule has 0 aliphatic heterocycles. The van der Waals surface area contributed by atoms with Crippen molar-refractivity contribution >= 4 is 5.97 Å². The molecule has 2 heterocycles. The predicted octanol–water partition coefficient (Wildman–Crippen LogP) is 2.29. The maximum atomic E-state index is 10.6. The molecule has 0 bridgehead atoms. The Hall–Kier alpha value is -2.04. The van der Waals surface area contributed by atoms with E-state index >= 15 is 0 Å². The number of nitrogens with zero attached hydrogens (tertiary/aromatic N) is 2. The molecule has 0 aliphatic rings. The van der Waals surface area contributed by atoms with Gasteiger partial charge in [-0.1, -0.05) is 13.8 Å². The first kappa shape index (κ1) is 10.5. The second kappa shape index (κ2) is 3.84. The highest BCUT2D eigenvalue weighted by atomic mass is 16.4. The van der Waals surface area contributed by atoms with Crippen LogP contribution >= 0.6 is 0 Å². The summed E-state index contributed by atoms with van der Waals surface area (Å²) in [5.74, 6) is -0.432. The summed E-state index contributed by atoms with van der Waals surface area (Å²) in [6.45, 7) is 4.08. The maximum Gasteiger partial charge on any atom is 0.371 e. The van der Waals surface area contributed by atoms with Crippen LogP contribution in [0.4, 0.5) is 0 Å². The number of aromatic nitrogens is 2. The van der Waals surface area contributed by atoms with Gasteiger partial charge >= 0.3 is 5.97 Å². The number of rotatable bonds is 3. The molecule has 1 N–H and O–H groups in total. The van der Waals surface area contributed by atoms with Crippen molar-refractivity contribution in [2.75, 3.05) is 0 Å². The van der Waals surface area contributed by atoms with Gasteiger partial charge in [0.2, 0.25) is 11.6 Å². The third-order valence-corrected chi connectivity index (χ3v) is 2.23. The van der Waals surface area contributed by atoms with E-state index in [-0.39, 0.29) is 5.76 Å². The molecule has 0 amide bonds. The van der Waals surface area contributed by atoms with Gasteiger partial charge in [0.1, 0.15) is 0 Å². The first-order valence-corrected chi connectivity index (χ1v) is 4.97. The molecule has 16 heavy (non-hydrogen) atoms. The molecule has 2 aromatic heterocycles. The standard InChI is InChI=1S/C11H12N2O3/c1-7(2)8-5-6-13(12-8)10-4-3-9(16-10)11(14)15/h3-7H,1-2H3,(H,14,15). The van der Waals surface area contributed by atoms with Crippen molar-refractivity contribution in [3.63, 3.8) is 0 Å². The number of carboxylic acid groups (broad SMARTS) is 1. The summed E-state index contributed by atoms with van der Waals surface area (Å²) in [5, 5.41) is 13.0. The SMILES string of the molecule is CC(C)c1ccn(-c2ccc(C(=O)O)o2)n1. The number of aromatic carboxylic acids is 1. The molecule has 0 aromatic carbocycles. The number of carbonyl (C=O) groups is 1. The highest BCUT2D eigenvalue weighted by molar-refractivity contribution is 5.84. The zero-order valence-electron chi connectivity index (χ0n) is 9.04. The highest BCUT2D eigenvalue weighted by Crippen LogP contribution is 2.16. The molecule has 0 fully saturated rings. The minimum absolute atomic E-state index is 0.0865. The fourth-order valence-corrected chi connectivity index (χ4v) is 1.33. The van der Waals surface area contributed by atoms with Crippen LogP contribution in [0.5, 0.6) is 0 Å². The van der Waals surface area contributed by atoms with E-state index in [0.29, 0.717) is 11.8 Å². The largest absolute Gasteiger partial charge is 0.475 e. The van der Waals surface area contributed by atoms with E-state index in [0.717, 1.165) is 5.69 Å². The van der Waals surface area contributed by atoms with E-state index in [4.69, 9.17) is 9.52 Å². The van der Waals surface area contributed by atoms with Crippen molar-refractivity contribution in [3.05, 3.63) is 35.9 Å². The van der Waals surface area contributed by atoms with Gasteiger partial charge < -0.3 is 9.52 Å². The van der Waals surface area contributed by atoms with Gasteiger partial charge in [-0.15, -0.1) is 0 Å². The first-order valence-electron chi connectivity index (χ1n) is 4.97. The third kappa shape index (κ3) is 1.84. The van der Waals surface area contributed by atoms with Gasteiger partial charge in [0.15, 0.2) is 0 Å². The number of carboxylic acids is 1. The Morgan fingerprint density at radius 3 is 2.69 bits per heavy atom. The van der Waals surface area contributed by atoms with Gasteiger partial charge in [0.25, 0.3) is 0 Å². The predicted molar refractivity (Wildman–Crippen MR) is 56.9 cm³/mol. The summed E-state index contributed by atoms with van der Waals surface area (Å²) in [5.41, 5.74) is 0.938. The molecule has 0 radical (unpaired) electrons. The Balaban J connectivity index is 2.31. The number of hydrogen-bond acceptors (Lipinski definition) is 3. The summed E-state index contributed by atoms with van der Waals surface area (Å²) < 4.78 is 6.65. The quantitative estimate of drug-likeness (QED) is 0.861. The Kier molecular flexibility index (Phi) is 2.52. The second-order valence-electron chi connectivity index (χ2n) is 3.78. The van der Waals surface area contributed by atoms with Crippen LogP contribution < -0.4 is 0 Å². The van der Waals surface area contributed by atoms with Gasteiger partial charge in [0.05, 0.1) is 5.69 Å². The van der Waals surface area contributed by atoms with E-state index in [2.05, 4.69) is 5.10 Å². The van der Waals surface area contributed by atoms with Crippen LogP contribution in [0, 0.1) is 0 Å². The molecule has 2 rings (SSSR count). The molecule has 0 saturated carbocycles. The summed E-state index contributed by atoms with van der Waals surface area (Å²) in [6.07, 6.45) is 1.75. The molecule has 84 valence electrons. The maximum absolute atomic E-state index is 10.6. The molecule has 0 saturated heterocycles. The zero-order chi connectivity index (χ0) is 11.7. The summed E-state index contributed by atoms with van der Waals surface area (Å²) >= 11 is 0. The fourth-order valence-electron chi connectivity index (χ4n) is 1.33. The Bertz CT molecular complexity index is 511. The van der Waals surface area contributed by atoms with E-state index in [1.165, 1.54) is 10.7 Å². The molecular weight excluding hydrogens is 208 g/mol. The summed E-state index contributed by atoms with van der Waals surface area (Å²) in [6, 6.07) is 4.88. The van der Waals surface area contributed by atoms with Gasteiger partial charge in [0, 0.05) is 12.3 Å². The summed E-state index contributed by atoms with van der Waals surface area (Å²) in [4.78, 5) is 10.6. The normalized spacial score (nSPS) is 10.9. The highest BCUT2D eigenvalue weighted by Gasteiger charge is 2.11. The van der Waals surface area contributed by atoms with Crippen molar-refractivity contribution in [2.45, 2.75) is 19.8 Å². The lowest BCUT2D eigenvalue weighted by atomic mass is 10.1. The number of furan rings is 1. The average Bonchev–Trinajstić information content (AvgIpc) is 2.86. The van der Waals surface area contributed by atoms with Crippen LogP contribution in [-0.2, 0) is 0 Å². The molecule has 0 aliphatic carbocycles. The lowest BCUT2D eigenvalue weighted by Gasteiger charge is -1.98. The monoisotopic (exact) mass is 220 g/mol. The van der Waals surface area contributed by atoms with Crippen molar-refractivity contribution in [2.24, 2.45) is 0 Å². The molecule has 0 spiro atoms. The summed E-state index contributed by atoms with van der Waals surface area (Å²) in [7, 11) is 0. The minimum Gasteiger partial charge on any atom is -0.475 e. The van der Waals surface area contributed by atoms with Crippen molar-refractivity contribution < 1.29 is 14.3 Å². The van der Waals surface area contributed by atoms with Crippen LogP contribution in [-0.4, -0.2) is 20.9 Å². The lowest BCUT2D eigenvalue weighted by Crippen LogP contribution is -1.96.